The zero-order valence-corrected chi connectivity index (χ0v) is 8.43. The summed E-state index contributed by atoms with van der Waals surface area (Å²) >= 11 is 0. The van der Waals surface area contributed by atoms with Crippen LogP contribution in [0.2, 0.25) is 0 Å². The first-order chi connectivity index (χ1) is 1.73. The molecule has 7 heavy (non-hydrogen) atoms. The molecular formula is CCaFO3Y+2. The van der Waals surface area contributed by atoms with Gasteiger partial charge in [-0.05, 0) is 6.16 Å². The Morgan fingerprint density at radius 3 is 1.29 bits per heavy atom. The van der Waals surface area contributed by atoms with Crippen LogP contribution < -0.4 is 14.9 Å². The summed E-state index contributed by atoms with van der Waals surface area (Å²) in [6.07, 6.45) is -2.33. The molecule has 0 aromatic rings. The van der Waals surface area contributed by atoms with Crippen molar-refractivity contribution in [3.05, 3.63) is 0 Å². The zero-order valence-electron chi connectivity index (χ0n) is 3.39. The molecule has 0 aromatic heterocycles. The van der Waals surface area contributed by atoms with Crippen molar-refractivity contribution in [2.75, 3.05) is 0 Å². The van der Waals surface area contributed by atoms with E-state index in [-0.39, 0.29) is 75.2 Å². The Morgan fingerprint density at radius 1 is 1.29 bits per heavy atom. The summed E-state index contributed by atoms with van der Waals surface area (Å²) in [6.45, 7) is 0. The fraction of sp³-hybridized carbons (Fsp3) is 0. The van der Waals surface area contributed by atoms with Crippen LogP contribution in [0.25, 0.3) is 0 Å². The number of hydrogen-bond acceptors (Lipinski definition) is 3. The summed E-state index contributed by atoms with van der Waals surface area (Å²) in [6, 6.07) is 0. The normalized spacial score (nSPS) is 3.43. The largest absolute Gasteiger partial charge is 3.00 e. The third-order valence-electron chi connectivity index (χ3n) is 0. The van der Waals surface area contributed by atoms with E-state index < -0.39 is 6.16 Å². The second-order valence-electron chi connectivity index (χ2n) is 0.250. The Balaban J connectivity index is -0.0000000150. The number of carbonyl (C=O) groups is 1. The first-order valence-electron chi connectivity index (χ1n) is 0.612. The van der Waals surface area contributed by atoms with E-state index in [1.807, 2.05) is 0 Å². The van der Waals surface area contributed by atoms with Crippen molar-refractivity contribution in [2.24, 2.45) is 0 Å². The maximum Gasteiger partial charge on any atom is 3.00 e. The van der Waals surface area contributed by atoms with E-state index in [9.17, 15) is 0 Å². The maximum absolute atomic E-state index is 8.33. The van der Waals surface area contributed by atoms with Crippen molar-refractivity contribution in [2.45, 2.75) is 0 Å². The molecule has 0 fully saturated rings. The van der Waals surface area contributed by atoms with Crippen molar-refractivity contribution in [3.8, 4) is 0 Å². The second kappa shape index (κ2) is 15.6. The molecule has 0 aliphatic heterocycles. The molecule has 0 rings (SSSR count). The Morgan fingerprint density at radius 2 is 1.29 bits per heavy atom. The Kier molecular flexibility index (Phi) is 52.6. The van der Waals surface area contributed by atoms with Crippen LogP contribution in [0.4, 0.5) is 4.79 Å². The average Bonchev–Trinajstić information content (AvgIpc) is 0.811. The van der Waals surface area contributed by atoms with Crippen LogP contribution in [0.15, 0.2) is 0 Å². The first-order valence-corrected chi connectivity index (χ1v) is 0.612. The van der Waals surface area contributed by atoms with Gasteiger partial charge in [0.1, 0.15) is 0 Å². The zero-order chi connectivity index (χ0) is 3.58. The van der Waals surface area contributed by atoms with Gasteiger partial charge in [0.05, 0.1) is 0 Å². The minimum Gasteiger partial charge on any atom is -1.00 e. The van der Waals surface area contributed by atoms with E-state index in [1.54, 1.807) is 0 Å². The third kappa shape index (κ3) is 95.8. The molecule has 0 radical (unpaired) electrons. The van der Waals surface area contributed by atoms with Gasteiger partial charge in [-0.3, -0.25) is 0 Å². The number of rotatable bonds is 0. The number of halogens is 1. The van der Waals surface area contributed by atoms with Crippen molar-refractivity contribution < 1.29 is 52.4 Å². The second-order valence-corrected chi connectivity index (χ2v) is 0.250. The van der Waals surface area contributed by atoms with Gasteiger partial charge in [-0.15, -0.1) is 0 Å². The molecule has 0 saturated heterocycles. The SMILES string of the molecule is O=C([O-])[O-].[Ca+2].[F-].[Y+3]. The number of hydrogen-bond donors (Lipinski definition) is 0. The van der Waals surface area contributed by atoms with Gasteiger partial charge < -0.3 is 19.7 Å². The third-order valence-corrected chi connectivity index (χ3v) is 0. The van der Waals surface area contributed by atoms with Crippen molar-refractivity contribution >= 4 is 43.9 Å². The molecule has 0 aromatic carbocycles. The molecule has 0 heterocycles. The van der Waals surface area contributed by atoms with Crippen LogP contribution >= 0.6 is 0 Å². The average molecular weight is 208 g/mol. The van der Waals surface area contributed by atoms with Gasteiger partial charge in [0, 0.05) is 0 Å². The van der Waals surface area contributed by atoms with Gasteiger partial charge in [0.2, 0.25) is 0 Å². The predicted octanol–water partition coefficient (Wildman–Crippen LogP) is -5.83. The number of carbonyl (C=O) groups excluding carboxylic acids is 1. The summed E-state index contributed by atoms with van der Waals surface area (Å²) in [7, 11) is 0. The van der Waals surface area contributed by atoms with E-state index in [0.717, 1.165) is 0 Å². The van der Waals surface area contributed by atoms with E-state index >= 15 is 0 Å². The Hall–Kier alpha value is 1.56. The van der Waals surface area contributed by atoms with Gasteiger partial charge in [-0.1, -0.05) is 0 Å². The molecule has 6 heteroatoms. The fourth-order valence-electron chi connectivity index (χ4n) is 0. The molecular weight excluding hydrogens is 208 g/mol. The maximum atomic E-state index is 8.33. The minimum absolute atomic E-state index is 0. The van der Waals surface area contributed by atoms with Gasteiger partial charge in [-0.25, -0.2) is 0 Å². The molecule has 0 aliphatic carbocycles. The molecule has 32 valence electrons. The van der Waals surface area contributed by atoms with Crippen molar-refractivity contribution in [3.63, 3.8) is 0 Å². The molecule has 0 saturated carbocycles. The van der Waals surface area contributed by atoms with Gasteiger partial charge in [0.15, 0.2) is 0 Å². The van der Waals surface area contributed by atoms with E-state index in [0.29, 0.717) is 0 Å². The fourth-order valence-corrected chi connectivity index (χ4v) is 0. The summed E-state index contributed by atoms with van der Waals surface area (Å²) in [5, 5.41) is 16.7. The summed E-state index contributed by atoms with van der Waals surface area (Å²) in [4.78, 5) is 8.33. The molecule has 0 bridgehead atoms. The minimum atomic E-state index is -2.33. The quantitative estimate of drug-likeness (QED) is 0.372. The van der Waals surface area contributed by atoms with E-state index in [4.69, 9.17) is 15.0 Å². The summed E-state index contributed by atoms with van der Waals surface area (Å²) < 4.78 is 0. The van der Waals surface area contributed by atoms with Crippen molar-refractivity contribution in [1.82, 2.24) is 0 Å². The van der Waals surface area contributed by atoms with Crippen LogP contribution in [0.5, 0.6) is 0 Å². The number of carboxylic acid groups (broad SMARTS) is 2. The molecule has 0 N–H and O–H groups in total. The standard InChI is InChI=1S/CH2O3.Ca.FH.Y/c2-1(3)4;;;/h(H2,2,3,4);;1H;/q;+2;;+3/p-3. The monoisotopic (exact) mass is 208 g/mol. The van der Waals surface area contributed by atoms with Gasteiger partial charge in [0.25, 0.3) is 0 Å². The molecule has 0 aliphatic rings. The molecule has 0 atom stereocenters. The molecule has 3 nitrogen and oxygen atoms in total. The smallest absolute Gasteiger partial charge is 1.00 e. The first kappa shape index (κ1) is 23.5. The van der Waals surface area contributed by atoms with Crippen LogP contribution in [0.3, 0.4) is 0 Å². The van der Waals surface area contributed by atoms with E-state index in [2.05, 4.69) is 0 Å². The van der Waals surface area contributed by atoms with E-state index in [1.165, 1.54) is 0 Å². The van der Waals surface area contributed by atoms with Gasteiger partial charge >= 0.3 is 70.4 Å². The molecule has 0 amide bonds. The Bertz CT molecular complexity index is 37.9. The summed E-state index contributed by atoms with van der Waals surface area (Å²) in [5.41, 5.74) is 0. The van der Waals surface area contributed by atoms with Crippen LogP contribution in [-0.4, -0.2) is 43.9 Å². The van der Waals surface area contributed by atoms with Gasteiger partial charge in [-0.2, -0.15) is 0 Å². The molecule has 0 spiro atoms. The topological polar surface area (TPSA) is 63.2 Å². The Labute approximate surface area is 94.7 Å². The predicted molar refractivity (Wildman–Crippen MR) is 11.1 cm³/mol. The van der Waals surface area contributed by atoms with Crippen LogP contribution in [0.1, 0.15) is 0 Å². The molecule has 0 unspecified atom stereocenters. The van der Waals surface area contributed by atoms with Crippen LogP contribution in [0, 0.1) is 0 Å². The summed E-state index contributed by atoms with van der Waals surface area (Å²) in [5.74, 6) is 0. The van der Waals surface area contributed by atoms with Crippen LogP contribution in [-0.2, 0) is 32.7 Å². The van der Waals surface area contributed by atoms with Crippen molar-refractivity contribution in [1.29, 1.82) is 0 Å².